The number of rotatable bonds is 6. The fraction of sp³-hybridized carbons (Fsp3) is 0.500. The fourth-order valence-corrected chi connectivity index (χ4v) is 1.65. The van der Waals surface area contributed by atoms with Crippen LogP contribution in [0.15, 0.2) is 18.2 Å². The van der Waals surface area contributed by atoms with Crippen LogP contribution in [-0.2, 0) is 11.2 Å². The molecule has 0 heterocycles. The summed E-state index contributed by atoms with van der Waals surface area (Å²) >= 11 is 5.57. The third kappa shape index (κ3) is 6.75. The molecule has 1 atom stereocenters. The van der Waals surface area contributed by atoms with Gasteiger partial charge in [-0.3, -0.25) is 0 Å². The largest absolute Gasteiger partial charge is 0.411 e. The van der Waals surface area contributed by atoms with Crippen LogP contribution in [0, 0.1) is 5.82 Å². The van der Waals surface area contributed by atoms with Gasteiger partial charge >= 0.3 is 6.18 Å². The highest BCUT2D eigenvalue weighted by molar-refractivity contribution is 6.30. The Balaban J connectivity index is 2.31. The molecule has 7 heteroatoms. The third-order valence-electron chi connectivity index (χ3n) is 2.32. The lowest BCUT2D eigenvalue weighted by Crippen LogP contribution is -2.20. The summed E-state index contributed by atoms with van der Waals surface area (Å²) in [6, 6.07) is 4.00. The van der Waals surface area contributed by atoms with E-state index in [4.69, 9.17) is 11.6 Å². The van der Waals surface area contributed by atoms with Crippen molar-refractivity contribution in [2.24, 2.45) is 0 Å². The monoisotopic (exact) mass is 300 g/mol. The minimum atomic E-state index is -4.37. The van der Waals surface area contributed by atoms with Crippen molar-refractivity contribution in [2.75, 3.05) is 13.2 Å². The summed E-state index contributed by atoms with van der Waals surface area (Å²) in [5, 5.41) is 9.54. The van der Waals surface area contributed by atoms with E-state index < -0.39 is 24.7 Å². The average molecular weight is 301 g/mol. The number of halogens is 5. The van der Waals surface area contributed by atoms with Gasteiger partial charge in [-0.1, -0.05) is 17.7 Å². The van der Waals surface area contributed by atoms with Crippen molar-refractivity contribution in [3.8, 4) is 0 Å². The maximum atomic E-state index is 12.9. The molecule has 1 aromatic rings. The summed E-state index contributed by atoms with van der Waals surface area (Å²) in [6.07, 6.45) is -5.00. The van der Waals surface area contributed by atoms with E-state index >= 15 is 0 Å². The molecule has 0 fully saturated rings. The van der Waals surface area contributed by atoms with Crippen molar-refractivity contribution >= 4 is 11.6 Å². The molecule has 0 saturated carbocycles. The molecule has 1 unspecified atom stereocenters. The van der Waals surface area contributed by atoms with Gasteiger partial charge in [0, 0.05) is 6.61 Å². The quantitative estimate of drug-likeness (QED) is 0.645. The fourth-order valence-electron chi connectivity index (χ4n) is 1.45. The third-order valence-corrected chi connectivity index (χ3v) is 2.61. The molecule has 0 aliphatic rings. The number of hydrogen-bond acceptors (Lipinski definition) is 2. The maximum Gasteiger partial charge on any atom is 0.411 e. The summed E-state index contributed by atoms with van der Waals surface area (Å²) in [5.74, 6) is -0.562. The average Bonchev–Trinajstić information content (AvgIpc) is 2.28. The Morgan fingerprint density at radius 2 is 2.00 bits per heavy atom. The van der Waals surface area contributed by atoms with Gasteiger partial charge in [0.25, 0.3) is 0 Å². The zero-order valence-electron chi connectivity index (χ0n) is 9.88. The van der Waals surface area contributed by atoms with E-state index in [1.165, 1.54) is 18.2 Å². The molecule has 2 nitrogen and oxygen atoms in total. The van der Waals surface area contributed by atoms with Crippen LogP contribution in [0.4, 0.5) is 17.6 Å². The second-order valence-electron chi connectivity index (χ2n) is 4.06. The topological polar surface area (TPSA) is 29.5 Å². The number of hydrogen-bond donors (Lipinski definition) is 1. The first-order valence-electron chi connectivity index (χ1n) is 5.54. The standard InChI is InChI=1S/C12H13ClF4O2/c13-10-6-8(1-2-11(10)14)5-9(18)3-4-19-7-12(15,16)17/h1-2,6,9,18H,3-5,7H2. The van der Waals surface area contributed by atoms with Crippen molar-refractivity contribution in [1.29, 1.82) is 0 Å². The predicted octanol–water partition coefficient (Wildman–Crippen LogP) is 3.35. The Morgan fingerprint density at radius 3 is 2.58 bits per heavy atom. The highest BCUT2D eigenvalue weighted by atomic mass is 35.5. The summed E-state index contributed by atoms with van der Waals surface area (Å²) in [7, 11) is 0. The number of aliphatic hydroxyl groups is 1. The molecule has 108 valence electrons. The molecule has 0 bridgehead atoms. The zero-order chi connectivity index (χ0) is 14.5. The minimum absolute atomic E-state index is 0.0574. The summed E-state index contributed by atoms with van der Waals surface area (Å²) < 4.78 is 52.6. The molecule has 0 saturated heterocycles. The van der Waals surface area contributed by atoms with Gasteiger partial charge in [-0.25, -0.2) is 4.39 Å². The summed E-state index contributed by atoms with van der Waals surface area (Å²) in [5.41, 5.74) is 0.606. The highest BCUT2D eigenvalue weighted by Gasteiger charge is 2.27. The van der Waals surface area contributed by atoms with E-state index in [9.17, 15) is 22.7 Å². The molecule has 0 amide bonds. The molecular weight excluding hydrogens is 288 g/mol. The molecule has 0 aliphatic heterocycles. The van der Waals surface area contributed by atoms with Crippen LogP contribution >= 0.6 is 11.6 Å². The molecule has 1 N–H and O–H groups in total. The predicted molar refractivity (Wildman–Crippen MR) is 62.6 cm³/mol. The highest BCUT2D eigenvalue weighted by Crippen LogP contribution is 2.18. The van der Waals surface area contributed by atoms with Gasteiger partial charge in [-0.05, 0) is 30.5 Å². The number of benzene rings is 1. The molecular formula is C12H13ClF4O2. The molecule has 0 aliphatic carbocycles. The van der Waals surface area contributed by atoms with Crippen LogP contribution in [0.25, 0.3) is 0 Å². The molecule has 1 aromatic carbocycles. The van der Waals surface area contributed by atoms with Gasteiger partial charge < -0.3 is 9.84 Å². The molecule has 1 rings (SSSR count). The van der Waals surface area contributed by atoms with Crippen molar-refractivity contribution in [2.45, 2.75) is 25.1 Å². The van der Waals surface area contributed by atoms with Gasteiger partial charge in [0.05, 0.1) is 11.1 Å². The SMILES string of the molecule is OC(CCOCC(F)(F)F)Cc1ccc(F)c(Cl)c1. The first kappa shape index (κ1) is 16.2. The molecule has 0 aromatic heterocycles. The van der Waals surface area contributed by atoms with Crippen molar-refractivity contribution in [3.63, 3.8) is 0 Å². The van der Waals surface area contributed by atoms with E-state index in [-0.39, 0.29) is 24.5 Å². The van der Waals surface area contributed by atoms with E-state index in [0.717, 1.165) is 0 Å². The van der Waals surface area contributed by atoms with Crippen LogP contribution in [0.1, 0.15) is 12.0 Å². The first-order valence-corrected chi connectivity index (χ1v) is 5.92. The molecule has 19 heavy (non-hydrogen) atoms. The zero-order valence-corrected chi connectivity index (χ0v) is 10.6. The van der Waals surface area contributed by atoms with E-state index in [1.807, 2.05) is 0 Å². The van der Waals surface area contributed by atoms with Crippen molar-refractivity contribution in [3.05, 3.63) is 34.6 Å². The van der Waals surface area contributed by atoms with E-state index in [1.54, 1.807) is 0 Å². The van der Waals surface area contributed by atoms with Crippen molar-refractivity contribution < 1.29 is 27.4 Å². The Kier molecular flexibility index (Phi) is 6.03. The van der Waals surface area contributed by atoms with Crippen LogP contribution < -0.4 is 0 Å². The second kappa shape index (κ2) is 7.07. The number of ether oxygens (including phenoxy) is 1. The Morgan fingerprint density at radius 1 is 1.32 bits per heavy atom. The lowest BCUT2D eigenvalue weighted by molar-refractivity contribution is -0.175. The van der Waals surface area contributed by atoms with Crippen LogP contribution in [0.5, 0.6) is 0 Å². The molecule has 0 radical (unpaired) electrons. The van der Waals surface area contributed by atoms with Crippen LogP contribution in [-0.4, -0.2) is 30.6 Å². The Bertz CT molecular complexity index is 409. The lowest BCUT2D eigenvalue weighted by Gasteiger charge is -2.12. The lowest BCUT2D eigenvalue weighted by atomic mass is 10.1. The van der Waals surface area contributed by atoms with Crippen LogP contribution in [0.3, 0.4) is 0 Å². The maximum absolute atomic E-state index is 12.9. The Hall–Kier alpha value is -0.850. The van der Waals surface area contributed by atoms with Gasteiger partial charge in [-0.15, -0.1) is 0 Å². The normalized spacial score (nSPS) is 13.6. The van der Waals surface area contributed by atoms with Gasteiger partial charge in [0.1, 0.15) is 12.4 Å². The number of alkyl halides is 3. The smallest absolute Gasteiger partial charge is 0.393 e. The van der Waals surface area contributed by atoms with Gasteiger partial charge in [0.15, 0.2) is 0 Å². The van der Waals surface area contributed by atoms with Crippen LogP contribution in [0.2, 0.25) is 5.02 Å². The molecule has 0 spiro atoms. The van der Waals surface area contributed by atoms with E-state index in [2.05, 4.69) is 4.74 Å². The Labute approximate surface area is 112 Å². The second-order valence-corrected chi connectivity index (χ2v) is 4.47. The first-order chi connectivity index (χ1) is 8.78. The summed E-state index contributed by atoms with van der Waals surface area (Å²) in [6.45, 7) is -1.53. The van der Waals surface area contributed by atoms with E-state index in [0.29, 0.717) is 5.56 Å². The summed E-state index contributed by atoms with van der Waals surface area (Å²) in [4.78, 5) is 0. The minimum Gasteiger partial charge on any atom is -0.393 e. The van der Waals surface area contributed by atoms with Gasteiger partial charge in [-0.2, -0.15) is 13.2 Å². The number of aliphatic hydroxyl groups excluding tert-OH is 1. The van der Waals surface area contributed by atoms with Gasteiger partial charge in [0.2, 0.25) is 0 Å². The van der Waals surface area contributed by atoms with Crippen molar-refractivity contribution in [1.82, 2.24) is 0 Å².